The number of aryl methyl sites for hydroxylation is 2. The molecule has 29 heavy (non-hydrogen) atoms. The first kappa shape index (κ1) is 17.0. The van der Waals surface area contributed by atoms with Crippen molar-refractivity contribution in [2.45, 2.75) is 26.6 Å². The molecule has 0 atom stereocenters. The summed E-state index contributed by atoms with van der Waals surface area (Å²) in [4.78, 5) is 0. The number of aromatic nitrogens is 2. The van der Waals surface area contributed by atoms with Crippen LogP contribution < -0.4 is 9.75 Å². The molecule has 6 aromatic rings. The number of hydrogen-bond donors (Lipinski definition) is 0. The molecule has 3 heteroatoms. The lowest BCUT2D eigenvalue weighted by atomic mass is 9.98. The van der Waals surface area contributed by atoms with E-state index in [0.29, 0.717) is 0 Å². The number of nitrogens with zero attached hydrogens (tertiary/aromatic N) is 2. The van der Waals surface area contributed by atoms with E-state index in [2.05, 4.69) is 103 Å². The minimum Gasteiger partial charge on any atom is -0.303 e. The van der Waals surface area contributed by atoms with Crippen molar-refractivity contribution in [1.82, 2.24) is 4.40 Å². The average molecular weight is 394 g/mol. The standard InChI is InChI=1S/C26H25N2Si/c1-16-12-13-17-8-6-10-20-23(17)22(16)26-25-19(14-15-27(26)2)18-9-7-11-21(29(3,4)5)24(18)28(20)25/h6-15H,1-5H3/q+1. The van der Waals surface area contributed by atoms with Gasteiger partial charge in [0.15, 0.2) is 6.20 Å². The van der Waals surface area contributed by atoms with Gasteiger partial charge in [0, 0.05) is 22.2 Å². The topological polar surface area (TPSA) is 8.29 Å². The average Bonchev–Trinajstić information content (AvgIpc) is 3.02. The van der Waals surface area contributed by atoms with Crippen molar-refractivity contribution in [3.05, 3.63) is 66.4 Å². The van der Waals surface area contributed by atoms with E-state index in [-0.39, 0.29) is 0 Å². The predicted octanol–water partition coefficient (Wildman–Crippen LogP) is 5.67. The van der Waals surface area contributed by atoms with Crippen LogP contribution in [0.15, 0.2) is 60.8 Å². The van der Waals surface area contributed by atoms with Crippen LogP contribution in [-0.2, 0) is 7.05 Å². The Kier molecular flexibility index (Phi) is 3.14. The molecule has 0 aliphatic heterocycles. The summed E-state index contributed by atoms with van der Waals surface area (Å²) in [6.07, 6.45) is 2.23. The monoisotopic (exact) mass is 393 g/mol. The Hall–Kier alpha value is -2.91. The Morgan fingerprint density at radius 2 is 1.55 bits per heavy atom. The quantitative estimate of drug-likeness (QED) is 0.147. The minimum absolute atomic E-state index is 1.32. The molecule has 0 N–H and O–H groups in total. The molecule has 0 bridgehead atoms. The highest BCUT2D eigenvalue weighted by Crippen LogP contribution is 2.39. The van der Waals surface area contributed by atoms with Crippen LogP contribution >= 0.6 is 0 Å². The van der Waals surface area contributed by atoms with E-state index < -0.39 is 8.07 Å². The van der Waals surface area contributed by atoms with Crippen molar-refractivity contribution in [2.75, 3.05) is 0 Å². The summed E-state index contributed by atoms with van der Waals surface area (Å²) in [5.41, 5.74) is 6.77. The fourth-order valence-corrected chi connectivity index (χ4v) is 6.84. The van der Waals surface area contributed by atoms with E-state index >= 15 is 0 Å². The van der Waals surface area contributed by atoms with Crippen LogP contribution in [0.25, 0.3) is 49.0 Å². The van der Waals surface area contributed by atoms with Crippen LogP contribution in [0.2, 0.25) is 19.6 Å². The van der Waals surface area contributed by atoms with Crippen molar-refractivity contribution < 1.29 is 4.57 Å². The first-order valence-corrected chi connectivity index (χ1v) is 13.9. The lowest BCUT2D eigenvalue weighted by Crippen LogP contribution is -2.38. The highest BCUT2D eigenvalue weighted by Gasteiger charge is 2.27. The Labute approximate surface area is 171 Å². The number of benzene rings is 3. The molecule has 6 rings (SSSR count). The van der Waals surface area contributed by atoms with Gasteiger partial charge >= 0.3 is 0 Å². The van der Waals surface area contributed by atoms with Gasteiger partial charge in [0.2, 0.25) is 5.52 Å². The fraction of sp³-hybridized carbons (Fsp3) is 0.192. The van der Waals surface area contributed by atoms with Crippen molar-refractivity contribution in [3.8, 4) is 0 Å². The number of para-hydroxylation sites is 1. The van der Waals surface area contributed by atoms with Crippen LogP contribution in [0.5, 0.6) is 0 Å². The zero-order valence-corrected chi connectivity index (χ0v) is 18.7. The number of rotatable bonds is 1. The molecule has 0 amide bonds. The normalized spacial score (nSPS) is 13.0. The number of pyridine rings is 2. The molecule has 0 spiro atoms. The zero-order chi connectivity index (χ0) is 20.1. The summed E-state index contributed by atoms with van der Waals surface area (Å²) in [6.45, 7) is 9.61. The molecule has 0 aliphatic rings. The van der Waals surface area contributed by atoms with Crippen molar-refractivity contribution >= 4 is 62.3 Å². The second-order valence-electron chi connectivity index (χ2n) is 9.46. The minimum atomic E-state index is -1.53. The van der Waals surface area contributed by atoms with Gasteiger partial charge in [-0.05, 0) is 29.1 Å². The second-order valence-corrected chi connectivity index (χ2v) is 14.5. The molecule has 0 saturated carbocycles. The summed E-state index contributed by atoms with van der Waals surface area (Å²) in [5.74, 6) is 0. The molecule has 2 nitrogen and oxygen atoms in total. The summed E-state index contributed by atoms with van der Waals surface area (Å²) in [7, 11) is 0.654. The Morgan fingerprint density at radius 3 is 2.34 bits per heavy atom. The lowest BCUT2D eigenvalue weighted by Gasteiger charge is -2.19. The van der Waals surface area contributed by atoms with Crippen LogP contribution in [-0.4, -0.2) is 12.5 Å². The molecule has 3 aromatic heterocycles. The van der Waals surface area contributed by atoms with E-state index in [4.69, 9.17) is 0 Å². The summed E-state index contributed by atoms with van der Waals surface area (Å²) >= 11 is 0. The van der Waals surface area contributed by atoms with E-state index in [0.717, 1.165) is 0 Å². The van der Waals surface area contributed by atoms with Gasteiger partial charge in [0.1, 0.15) is 12.6 Å². The van der Waals surface area contributed by atoms with E-state index in [9.17, 15) is 0 Å². The van der Waals surface area contributed by atoms with E-state index in [1.165, 1.54) is 59.7 Å². The third-order valence-electron chi connectivity index (χ3n) is 6.59. The van der Waals surface area contributed by atoms with Crippen molar-refractivity contribution in [1.29, 1.82) is 0 Å². The smallest absolute Gasteiger partial charge is 0.238 e. The van der Waals surface area contributed by atoms with Crippen LogP contribution in [0.4, 0.5) is 0 Å². The lowest BCUT2D eigenvalue weighted by molar-refractivity contribution is -0.644. The predicted molar refractivity (Wildman–Crippen MR) is 128 cm³/mol. The number of hydrogen-bond acceptors (Lipinski definition) is 0. The van der Waals surface area contributed by atoms with E-state index in [1.54, 1.807) is 0 Å². The van der Waals surface area contributed by atoms with Gasteiger partial charge in [-0.3, -0.25) is 0 Å². The van der Waals surface area contributed by atoms with Crippen LogP contribution in [0, 0.1) is 6.92 Å². The van der Waals surface area contributed by atoms with Crippen molar-refractivity contribution in [3.63, 3.8) is 0 Å². The maximum absolute atomic E-state index is 2.57. The first-order chi connectivity index (χ1) is 13.9. The Balaban J connectivity index is 2.11. The molecular formula is C26H25N2Si+. The van der Waals surface area contributed by atoms with Gasteiger partial charge < -0.3 is 4.40 Å². The highest BCUT2D eigenvalue weighted by molar-refractivity contribution is 6.90. The maximum Gasteiger partial charge on any atom is 0.238 e. The fourth-order valence-electron chi connectivity index (χ4n) is 5.29. The van der Waals surface area contributed by atoms with Gasteiger partial charge in [-0.25, -0.2) is 0 Å². The molecular weight excluding hydrogens is 368 g/mol. The maximum atomic E-state index is 2.57. The molecule has 3 aromatic carbocycles. The third kappa shape index (κ3) is 2.03. The SMILES string of the molecule is Cc1ccc2cccc3c2c1c1c2c(cc[n+]1C)c1cccc([Si](C)(C)C)c1n32. The summed E-state index contributed by atoms with van der Waals surface area (Å²) in [5, 5.41) is 8.36. The van der Waals surface area contributed by atoms with Gasteiger partial charge in [-0.2, -0.15) is 4.57 Å². The highest BCUT2D eigenvalue weighted by atomic mass is 28.3. The van der Waals surface area contributed by atoms with Crippen molar-refractivity contribution in [2.24, 2.45) is 7.05 Å². The molecule has 0 saturated heterocycles. The van der Waals surface area contributed by atoms with E-state index in [1.807, 2.05) is 0 Å². The van der Waals surface area contributed by atoms with Crippen LogP contribution in [0.3, 0.4) is 0 Å². The molecule has 3 heterocycles. The van der Waals surface area contributed by atoms with Gasteiger partial charge in [-0.1, -0.05) is 62.1 Å². The third-order valence-corrected chi connectivity index (χ3v) is 8.61. The first-order valence-electron chi connectivity index (χ1n) is 10.4. The molecule has 0 radical (unpaired) electrons. The van der Waals surface area contributed by atoms with Gasteiger partial charge in [-0.15, -0.1) is 0 Å². The van der Waals surface area contributed by atoms with Gasteiger partial charge in [0.25, 0.3) is 0 Å². The Bertz CT molecular complexity index is 1600. The summed E-state index contributed by atoms with van der Waals surface area (Å²) in [6, 6.07) is 20.5. The van der Waals surface area contributed by atoms with Crippen LogP contribution in [0.1, 0.15) is 5.56 Å². The number of fused-ring (bicyclic) bond motifs is 5. The summed E-state index contributed by atoms with van der Waals surface area (Å²) < 4.78 is 4.88. The Morgan fingerprint density at radius 1 is 0.793 bits per heavy atom. The molecule has 142 valence electrons. The molecule has 0 aliphatic carbocycles. The molecule has 0 unspecified atom stereocenters. The molecule has 0 fully saturated rings. The largest absolute Gasteiger partial charge is 0.303 e. The second kappa shape index (κ2) is 5.36. The zero-order valence-electron chi connectivity index (χ0n) is 17.7. The van der Waals surface area contributed by atoms with Gasteiger partial charge in [0.05, 0.1) is 24.5 Å².